The third kappa shape index (κ3) is 3.18. The van der Waals surface area contributed by atoms with Crippen molar-refractivity contribution in [1.82, 2.24) is 5.32 Å². The van der Waals surface area contributed by atoms with Gasteiger partial charge in [-0.3, -0.25) is 14.6 Å². The second-order valence-corrected chi connectivity index (χ2v) is 5.72. The molecule has 2 aliphatic heterocycles. The number of carbonyl (C=O) groups excluding carboxylic acids is 2. The van der Waals surface area contributed by atoms with Crippen LogP contribution in [0.2, 0.25) is 0 Å². The highest BCUT2D eigenvalue weighted by atomic mass is 32.2. The molecule has 2 amide bonds. The van der Waals surface area contributed by atoms with E-state index in [2.05, 4.69) is 10.3 Å². The number of ether oxygens (including phenoxy) is 1. The molecule has 0 aromatic heterocycles. The number of hydrogen-bond donors (Lipinski definition) is 1. The van der Waals surface area contributed by atoms with E-state index in [4.69, 9.17) is 4.74 Å². The van der Waals surface area contributed by atoms with Gasteiger partial charge < -0.3 is 15.0 Å². The van der Waals surface area contributed by atoms with Crippen LogP contribution in [0, 0.1) is 0 Å². The molecule has 110 valence electrons. The van der Waals surface area contributed by atoms with E-state index in [1.807, 2.05) is 24.3 Å². The monoisotopic (exact) mass is 305 g/mol. The number of benzene rings is 1. The van der Waals surface area contributed by atoms with Gasteiger partial charge in [-0.15, -0.1) is 0 Å². The number of fused-ring (bicyclic) bond motifs is 1. The molecule has 0 atom stereocenters. The van der Waals surface area contributed by atoms with Gasteiger partial charge in [-0.05, 0) is 12.1 Å². The molecule has 0 fully saturated rings. The van der Waals surface area contributed by atoms with E-state index in [-0.39, 0.29) is 24.8 Å². The first kappa shape index (κ1) is 13.9. The molecule has 1 N–H and O–H groups in total. The second kappa shape index (κ2) is 6.17. The van der Waals surface area contributed by atoms with E-state index in [9.17, 15) is 9.59 Å². The van der Waals surface area contributed by atoms with Gasteiger partial charge in [0.25, 0.3) is 5.91 Å². The number of carbonyl (C=O) groups is 2. The van der Waals surface area contributed by atoms with Crippen LogP contribution in [0.1, 0.15) is 6.42 Å². The summed E-state index contributed by atoms with van der Waals surface area (Å²) in [5.74, 6) is 1.33. The number of aliphatic imine (C=N–C) groups is 1. The van der Waals surface area contributed by atoms with Gasteiger partial charge in [0.2, 0.25) is 5.91 Å². The first-order valence-electron chi connectivity index (χ1n) is 6.73. The van der Waals surface area contributed by atoms with Gasteiger partial charge in [-0.25, -0.2) is 0 Å². The van der Waals surface area contributed by atoms with Crippen LogP contribution in [-0.2, 0) is 9.59 Å². The van der Waals surface area contributed by atoms with Crippen LogP contribution in [0.25, 0.3) is 0 Å². The minimum absolute atomic E-state index is 0.0151. The average Bonchev–Trinajstić information content (AvgIpc) is 2.99. The van der Waals surface area contributed by atoms with Crippen LogP contribution in [-0.4, -0.2) is 42.4 Å². The summed E-state index contributed by atoms with van der Waals surface area (Å²) in [5.41, 5.74) is 0.717. The molecule has 0 spiro atoms. The summed E-state index contributed by atoms with van der Waals surface area (Å²) in [6, 6.07) is 7.34. The van der Waals surface area contributed by atoms with Crippen molar-refractivity contribution >= 4 is 34.4 Å². The van der Waals surface area contributed by atoms with Crippen molar-refractivity contribution in [2.24, 2.45) is 4.99 Å². The Hall–Kier alpha value is -2.02. The number of amides is 2. The highest BCUT2D eigenvalue weighted by Gasteiger charge is 2.25. The third-order valence-corrected chi connectivity index (χ3v) is 4.09. The number of amidine groups is 1. The van der Waals surface area contributed by atoms with Crippen LogP contribution in [0.5, 0.6) is 5.75 Å². The first-order valence-corrected chi connectivity index (χ1v) is 7.72. The van der Waals surface area contributed by atoms with Crippen molar-refractivity contribution in [3.63, 3.8) is 0 Å². The zero-order valence-corrected chi connectivity index (χ0v) is 12.2. The number of hydrogen-bond acceptors (Lipinski definition) is 5. The van der Waals surface area contributed by atoms with Crippen LogP contribution in [0.15, 0.2) is 29.3 Å². The van der Waals surface area contributed by atoms with E-state index in [1.54, 1.807) is 4.90 Å². The zero-order valence-electron chi connectivity index (χ0n) is 11.4. The van der Waals surface area contributed by atoms with Gasteiger partial charge in [-0.2, -0.15) is 0 Å². The fourth-order valence-electron chi connectivity index (χ4n) is 2.20. The Balaban J connectivity index is 1.62. The molecule has 21 heavy (non-hydrogen) atoms. The fourth-order valence-corrected chi connectivity index (χ4v) is 2.95. The van der Waals surface area contributed by atoms with Crippen molar-refractivity contribution < 1.29 is 14.3 Å². The van der Waals surface area contributed by atoms with Crippen molar-refractivity contribution in [3.8, 4) is 5.75 Å². The highest BCUT2D eigenvalue weighted by Crippen LogP contribution is 2.31. The van der Waals surface area contributed by atoms with Gasteiger partial charge in [0, 0.05) is 18.7 Å². The van der Waals surface area contributed by atoms with E-state index in [1.165, 1.54) is 11.8 Å². The Kier molecular flexibility index (Phi) is 4.10. The van der Waals surface area contributed by atoms with Crippen molar-refractivity contribution in [2.75, 3.05) is 30.3 Å². The Morgan fingerprint density at radius 3 is 3.10 bits per heavy atom. The van der Waals surface area contributed by atoms with E-state index in [0.29, 0.717) is 23.1 Å². The van der Waals surface area contributed by atoms with Crippen molar-refractivity contribution in [2.45, 2.75) is 6.42 Å². The summed E-state index contributed by atoms with van der Waals surface area (Å²) in [4.78, 5) is 29.6. The van der Waals surface area contributed by atoms with E-state index < -0.39 is 0 Å². The summed E-state index contributed by atoms with van der Waals surface area (Å²) < 4.78 is 5.37. The van der Waals surface area contributed by atoms with Crippen LogP contribution in [0.3, 0.4) is 0 Å². The molecular formula is C14H15N3O3S. The average molecular weight is 305 g/mol. The highest BCUT2D eigenvalue weighted by molar-refractivity contribution is 8.14. The van der Waals surface area contributed by atoms with E-state index >= 15 is 0 Å². The number of para-hydroxylation sites is 2. The summed E-state index contributed by atoms with van der Waals surface area (Å²) in [6.07, 6.45) is 0.236. The van der Waals surface area contributed by atoms with E-state index in [0.717, 1.165) is 12.3 Å². The third-order valence-electron chi connectivity index (χ3n) is 3.20. The van der Waals surface area contributed by atoms with Crippen molar-refractivity contribution in [1.29, 1.82) is 0 Å². The minimum Gasteiger partial charge on any atom is -0.482 e. The minimum atomic E-state index is -0.130. The van der Waals surface area contributed by atoms with Gasteiger partial charge in [0.15, 0.2) is 11.8 Å². The van der Waals surface area contributed by atoms with Crippen LogP contribution in [0.4, 0.5) is 5.69 Å². The number of rotatable bonds is 3. The Morgan fingerprint density at radius 1 is 1.43 bits per heavy atom. The van der Waals surface area contributed by atoms with Crippen LogP contribution < -0.4 is 15.0 Å². The normalized spacial score (nSPS) is 17.0. The lowest BCUT2D eigenvalue weighted by atomic mass is 10.2. The smallest absolute Gasteiger partial charge is 0.265 e. The molecule has 2 aliphatic rings. The number of nitrogens with zero attached hydrogens (tertiary/aromatic N) is 2. The number of anilines is 1. The fraction of sp³-hybridized carbons (Fsp3) is 0.357. The second-order valence-electron chi connectivity index (χ2n) is 4.64. The molecular weight excluding hydrogens is 290 g/mol. The zero-order chi connectivity index (χ0) is 14.7. The molecule has 0 radical (unpaired) electrons. The first-order chi connectivity index (χ1) is 10.2. The Bertz CT molecular complexity index is 603. The van der Waals surface area contributed by atoms with Gasteiger partial charge in [-0.1, -0.05) is 23.9 Å². The van der Waals surface area contributed by atoms with Crippen molar-refractivity contribution in [3.05, 3.63) is 24.3 Å². The predicted molar refractivity (Wildman–Crippen MR) is 81.8 cm³/mol. The standard InChI is InChI=1S/C14H15N3O3S/c18-12(16-14-15-6-8-21-14)5-7-17-10-3-1-2-4-11(10)20-9-13(17)19/h1-4H,5-9H2,(H,15,16,18). The predicted octanol–water partition coefficient (Wildman–Crippen LogP) is 1.02. The molecule has 2 heterocycles. The molecule has 7 heteroatoms. The molecule has 6 nitrogen and oxygen atoms in total. The Labute approximate surface area is 126 Å². The summed E-state index contributed by atoms with van der Waals surface area (Å²) in [6.45, 7) is 1.10. The summed E-state index contributed by atoms with van der Waals surface area (Å²) in [7, 11) is 0. The molecule has 1 aromatic rings. The maximum absolute atomic E-state index is 12.0. The lowest BCUT2D eigenvalue weighted by molar-refractivity contribution is -0.121. The Morgan fingerprint density at radius 2 is 2.29 bits per heavy atom. The SMILES string of the molecule is O=C(CCN1C(=O)COc2ccccc21)NC1=NCCS1. The largest absolute Gasteiger partial charge is 0.482 e. The molecule has 0 aliphatic carbocycles. The molecule has 0 saturated carbocycles. The quantitative estimate of drug-likeness (QED) is 0.905. The number of nitrogens with one attached hydrogen (secondary N) is 1. The lowest BCUT2D eigenvalue weighted by Gasteiger charge is -2.29. The number of thioether (sulfide) groups is 1. The molecule has 3 rings (SSSR count). The van der Waals surface area contributed by atoms with Gasteiger partial charge in [0.1, 0.15) is 5.75 Å². The van der Waals surface area contributed by atoms with Gasteiger partial charge in [0.05, 0.1) is 12.2 Å². The summed E-state index contributed by atoms with van der Waals surface area (Å²) >= 11 is 1.54. The summed E-state index contributed by atoms with van der Waals surface area (Å²) in [5, 5.41) is 3.44. The molecule has 0 saturated heterocycles. The molecule has 1 aromatic carbocycles. The van der Waals surface area contributed by atoms with Gasteiger partial charge >= 0.3 is 0 Å². The molecule has 0 bridgehead atoms. The topological polar surface area (TPSA) is 71.0 Å². The maximum atomic E-state index is 12.0. The molecule has 0 unspecified atom stereocenters. The lowest BCUT2D eigenvalue weighted by Crippen LogP contribution is -2.41. The van der Waals surface area contributed by atoms with Crippen LogP contribution >= 0.6 is 11.8 Å². The maximum Gasteiger partial charge on any atom is 0.265 e.